The van der Waals surface area contributed by atoms with Gasteiger partial charge in [-0.3, -0.25) is 9.59 Å². The van der Waals surface area contributed by atoms with Gasteiger partial charge in [-0.1, -0.05) is 6.92 Å². The summed E-state index contributed by atoms with van der Waals surface area (Å²) in [5, 5.41) is 0. The predicted molar refractivity (Wildman–Crippen MR) is 66.3 cm³/mol. The Bertz CT molecular complexity index is 254. The summed E-state index contributed by atoms with van der Waals surface area (Å²) in [6, 6.07) is -0.00483. The maximum atomic E-state index is 11.9. The molecule has 2 N–H and O–H groups in total. The summed E-state index contributed by atoms with van der Waals surface area (Å²) in [6.07, 6.45) is 1.17. The van der Waals surface area contributed by atoms with Crippen molar-refractivity contribution in [2.24, 2.45) is 11.7 Å². The van der Waals surface area contributed by atoms with E-state index in [1.54, 1.807) is 0 Å². The van der Waals surface area contributed by atoms with E-state index in [0.717, 1.165) is 6.42 Å². The molecule has 0 aliphatic heterocycles. The first kappa shape index (κ1) is 15.9. The molecule has 0 aliphatic rings. The third kappa shape index (κ3) is 6.26. The molecule has 5 heteroatoms. The zero-order valence-corrected chi connectivity index (χ0v) is 11.2. The average Bonchev–Trinajstić information content (AvgIpc) is 2.31. The van der Waals surface area contributed by atoms with Gasteiger partial charge in [-0.2, -0.15) is 0 Å². The number of carbonyl (C=O) groups is 2. The highest BCUT2D eigenvalue weighted by Gasteiger charge is 2.20. The molecule has 1 unspecified atom stereocenters. The van der Waals surface area contributed by atoms with E-state index in [0.29, 0.717) is 18.9 Å². The molecular weight excluding hydrogens is 220 g/mol. The van der Waals surface area contributed by atoms with Crippen LogP contribution >= 0.6 is 0 Å². The van der Waals surface area contributed by atoms with Crippen LogP contribution in [0.15, 0.2) is 0 Å². The molecule has 0 aliphatic carbocycles. The number of hydrogen-bond donors (Lipinski definition) is 1. The van der Waals surface area contributed by atoms with Crippen LogP contribution in [-0.2, 0) is 14.3 Å². The molecule has 0 saturated carbocycles. The Hall–Kier alpha value is -1.10. The summed E-state index contributed by atoms with van der Waals surface area (Å²) >= 11 is 0. The summed E-state index contributed by atoms with van der Waals surface area (Å²) in [5.41, 5.74) is 5.50. The molecule has 0 spiro atoms. The molecule has 17 heavy (non-hydrogen) atoms. The molecule has 0 radical (unpaired) electrons. The first-order valence-corrected chi connectivity index (χ1v) is 5.98. The lowest BCUT2D eigenvalue weighted by atomic mass is 10.1. The Labute approximate surface area is 103 Å². The molecule has 0 fully saturated rings. The van der Waals surface area contributed by atoms with Gasteiger partial charge in [0.25, 0.3) is 0 Å². The average molecular weight is 244 g/mol. The number of rotatable bonds is 7. The topological polar surface area (TPSA) is 72.6 Å². The lowest BCUT2D eigenvalue weighted by Gasteiger charge is -2.26. The van der Waals surface area contributed by atoms with Crippen molar-refractivity contribution < 1.29 is 14.3 Å². The fraction of sp³-hybridized carbons (Fsp3) is 0.833. The molecule has 0 saturated heterocycles. The molecule has 0 aromatic heterocycles. The Morgan fingerprint density at radius 3 is 2.29 bits per heavy atom. The highest BCUT2D eigenvalue weighted by molar-refractivity contribution is 5.82. The maximum Gasteiger partial charge on any atom is 0.325 e. The van der Waals surface area contributed by atoms with Crippen LogP contribution in [0.3, 0.4) is 0 Å². The van der Waals surface area contributed by atoms with Crippen LogP contribution in [0.5, 0.6) is 0 Å². The minimum atomic E-state index is -0.390. The van der Waals surface area contributed by atoms with Gasteiger partial charge in [-0.25, -0.2) is 0 Å². The minimum absolute atomic E-state index is 0.00483. The van der Waals surface area contributed by atoms with Gasteiger partial charge in [0.15, 0.2) is 0 Å². The molecule has 0 bridgehead atoms. The van der Waals surface area contributed by atoms with E-state index in [1.807, 2.05) is 20.8 Å². The van der Waals surface area contributed by atoms with Crippen LogP contribution in [0, 0.1) is 5.92 Å². The zero-order valence-electron chi connectivity index (χ0n) is 11.2. The van der Waals surface area contributed by atoms with Crippen LogP contribution in [0.4, 0.5) is 0 Å². The number of esters is 1. The number of ether oxygens (including phenoxy) is 1. The van der Waals surface area contributed by atoms with Gasteiger partial charge in [0.05, 0.1) is 7.11 Å². The Morgan fingerprint density at radius 1 is 1.29 bits per heavy atom. The second kappa shape index (κ2) is 8.06. The predicted octanol–water partition coefficient (Wildman–Crippen LogP) is 0.771. The van der Waals surface area contributed by atoms with Gasteiger partial charge in [0.1, 0.15) is 6.54 Å². The molecule has 0 aromatic carbocycles. The SMILES string of the molecule is COC(=O)CN(C(=O)CCC(C)CN)C(C)C. The monoisotopic (exact) mass is 244 g/mol. The number of carbonyl (C=O) groups excluding carboxylic acids is 2. The van der Waals surface area contributed by atoms with Crippen LogP contribution in [0.2, 0.25) is 0 Å². The lowest BCUT2D eigenvalue weighted by Crippen LogP contribution is -2.41. The molecule has 0 rings (SSSR count). The van der Waals surface area contributed by atoms with E-state index in [9.17, 15) is 9.59 Å². The largest absolute Gasteiger partial charge is 0.468 e. The second-order valence-corrected chi connectivity index (χ2v) is 4.57. The fourth-order valence-electron chi connectivity index (χ4n) is 1.39. The molecule has 0 aromatic rings. The third-order valence-electron chi connectivity index (χ3n) is 2.72. The summed E-state index contributed by atoms with van der Waals surface area (Å²) in [4.78, 5) is 24.7. The van der Waals surface area contributed by atoms with E-state index >= 15 is 0 Å². The van der Waals surface area contributed by atoms with E-state index in [-0.39, 0.29) is 24.5 Å². The third-order valence-corrected chi connectivity index (χ3v) is 2.72. The molecule has 1 atom stereocenters. The van der Waals surface area contributed by atoms with Gasteiger partial charge in [0, 0.05) is 12.5 Å². The number of amides is 1. The van der Waals surface area contributed by atoms with E-state index in [2.05, 4.69) is 4.74 Å². The van der Waals surface area contributed by atoms with Gasteiger partial charge in [0.2, 0.25) is 5.91 Å². The lowest BCUT2D eigenvalue weighted by molar-refractivity contribution is -0.148. The number of hydrogen-bond acceptors (Lipinski definition) is 4. The van der Waals surface area contributed by atoms with E-state index in [1.165, 1.54) is 12.0 Å². The van der Waals surface area contributed by atoms with Crippen LogP contribution < -0.4 is 5.73 Å². The van der Waals surface area contributed by atoms with Crippen LogP contribution in [-0.4, -0.2) is 43.0 Å². The molecule has 0 heterocycles. The standard InChI is InChI=1S/C12H24N2O3/c1-9(2)14(8-12(16)17-4)11(15)6-5-10(3)7-13/h9-10H,5-8,13H2,1-4H3. The molecule has 1 amide bonds. The molecule has 100 valence electrons. The summed E-state index contributed by atoms with van der Waals surface area (Å²) in [5.74, 6) is -0.0873. The number of nitrogens with two attached hydrogens (primary N) is 1. The van der Waals surface area contributed by atoms with Crippen LogP contribution in [0.1, 0.15) is 33.6 Å². The Balaban J connectivity index is 4.30. The molecular formula is C12H24N2O3. The maximum absolute atomic E-state index is 11.9. The van der Waals surface area contributed by atoms with Crippen molar-refractivity contribution >= 4 is 11.9 Å². The quantitative estimate of drug-likeness (QED) is 0.671. The summed E-state index contributed by atoms with van der Waals surface area (Å²) in [6.45, 7) is 6.36. The van der Waals surface area contributed by atoms with Gasteiger partial charge >= 0.3 is 5.97 Å². The van der Waals surface area contributed by atoms with E-state index < -0.39 is 0 Å². The highest BCUT2D eigenvalue weighted by atomic mass is 16.5. The molecule has 5 nitrogen and oxygen atoms in total. The first-order chi connectivity index (χ1) is 7.92. The highest BCUT2D eigenvalue weighted by Crippen LogP contribution is 2.08. The zero-order chi connectivity index (χ0) is 13.4. The van der Waals surface area contributed by atoms with E-state index in [4.69, 9.17) is 5.73 Å². The van der Waals surface area contributed by atoms with Crippen molar-refractivity contribution in [1.82, 2.24) is 4.90 Å². The summed E-state index contributed by atoms with van der Waals surface area (Å²) < 4.78 is 4.57. The fourth-order valence-corrected chi connectivity index (χ4v) is 1.39. The van der Waals surface area contributed by atoms with Gasteiger partial charge in [-0.15, -0.1) is 0 Å². The van der Waals surface area contributed by atoms with Crippen molar-refractivity contribution in [3.8, 4) is 0 Å². The minimum Gasteiger partial charge on any atom is -0.468 e. The normalized spacial score (nSPS) is 12.4. The number of nitrogens with zero attached hydrogens (tertiary/aromatic N) is 1. The van der Waals surface area contributed by atoms with Crippen molar-refractivity contribution in [2.75, 3.05) is 20.2 Å². The Kier molecular flexibility index (Phi) is 7.54. The van der Waals surface area contributed by atoms with Gasteiger partial charge in [-0.05, 0) is 32.7 Å². The Morgan fingerprint density at radius 2 is 1.88 bits per heavy atom. The smallest absolute Gasteiger partial charge is 0.325 e. The summed E-state index contributed by atoms with van der Waals surface area (Å²) in [7, 11) is 1.32. The first-order valence-electron chi connectivity index (χ1n) is 5.98. The second-order valence-electron chi connectivity index (χ2n) is 4.57. The van der Waals surface area contributed by atoms with Crippen molar-refractivity contribution in [1.29, 1.82) is 0 Å². The van der Waals surface area contributed by atoms with Crippen molar-refractivity contribution in [2.45, 2.75) is 39.7 Å². The number of methoxy groups -OCH3 is 1. The van der Waals surface area contributed by atoms with Crippen LogP contribution in [0.25, 0.3) is 0 Å². The van der Waals surface area contributed by atoms with Crippen molar-refractivity contribution in [3.05, 3.63) is 0 Å². The van der Waals surface area contributed by atoms with Gasteiger partial charge < -0.3 is 15.4 Å². The van der Waals surface area contributed by atoms with Crippen molar-refractivity contribution in [3.63, 3.8) is 0 Å².